The fourth-order valence-corrected chi connectivity index (χ4v) is 1.81. The van der Waals surface area contributed by atoms with Gasteiger partial charge in [-0.2, -0.15) is 0 Å². The average Bonchev–Trinajstić information content (AvgIpc) is 2.34. The molecule has 0 aliphatic heterocycles. The van der Waals surface area contributed by atoms with Crippen molar-refractivity contribution in [2.24, 2.45) is 5.73 Å². The zero-order valence-electron chi connectivity index (χ0n) is 12.1. The molecule has 1 aromatic rings. The molecule has 0 saturated heterocycles. The summed E-state index contributed by atoms with van der Waals surface area (Å²) in [4.78, 5) is 9.00. The Labute approximate surface area is 111 Å². The van der Waals surface area contributed by atoms with Gasteiger partial charge in [0, 0.05) is 25.7 Å². The summed E-state index contributed by atoms with van der Waals surface area (Å²) in [7, 11) is 4.20. The van der Waals surface area contributed by atoms with Crippen molar-refractivity contribution in [3.05, 3.63) is 24.0 Å². The Morgan fingerprint density at radius 1 is 1.22 bits per heavy atom. The van der Waals surface area contributed by atoms with Crippen molar-refractivity contribution in [3.8, 4) is 0 Å². The number of nitrogens with two attached hydrogens (primary N) is 1. The van der Waals surface area contributed by atoms with E-state index in [1.807, 2.05) is 19.2 Å². The largest absolute Gasteiger partial charge is 0.369 e. The standard InChI is InChI=1S/C14H26N4/c1-5-8-18(10-9-17(3)4)13-6-7-14(12(2)15)16-11-13/h6-7,11-12H,5,8-10,15H2,1-4H3. The number of rotatable bonds is 7. The molecule has 1 heterocycles. The zero-order valence-corrected chi connectivity index (χ0v) is 12.1. The van der Waals surface area contributed by atoms with E-state index in [0.717, 1.165) is 31.7 Å². The lowest BCUT2D eigenvalue weighted by Gasteiger charge is -2.26. The third-order valence-electron chi connectivity index (χ3n) is 2.91. The Morgan fingerprint density at radius 2 is 1.94 bits per heavy atom. The van der Waals surface area contributed by atoms with Crippen molar-refractivity contribution < 1.29 is 0 Å². The van der Waals surface area contributed by atoms with Crippen molar-refractivity contribution in [2.75, 3.05) is 38.6 Å². The Morgan fingerprint density at radius 3 is 2.39 bits per heavy atom. The lowest BCUT2D eigenvalue weighted by Crippen LogP contribution is -2.32. The summed E-state index contributed by atoms with van der Waals surface area (Å²) in [5.41, 5.74) is 7.94. The van der Waals surface area contributed by atoms with Crippen molar-refractivity contribution in [1.82, 2.24) is 9.88 Å². The van der Waals surface area contributed by atoms with Gasteiger partial charge in [0.05, 0.1) is 17.6 Å². The van der Waals surface area contributed by atoms with Crippen LogP contribution in [-0.2, 0) is 0 Å². The molecular weight excluding hydrogens is 224 g/mol. The van der Waals surface area contributed by atoms with E-state index in [4.69, 9.17) is 5.73 Å². The normalized spacial score (nSPS) is 12.8. The van der Waals surface area contributed by atoms with E-state index in [0.29, 0.717) is 0 Å². The van der Waals surface area contributed by atoms with Gasteiger partial charge in [0.1, 0.15) is 0 Å². The van der Waals surface area contributed by atoms with E-state index in [-0.39, 0.29) is 6.04 Å². The second kappa shape index (κ2) is 7.34. The molecule has 0 amide bonds. The second-order valence-corrected chi connectivity index (χ2v) is 5.02. The summed E-state index contributed by atoms with van der Waals surface area (Å²) in [5.74, 6) is 0. The van der Waals surface area contributed by atoms with Crippen molar-refractivity contribution in [2.45, 2.75) is 26.3 Å². The summed E-state index contributed by atoms with van der Waals surface area (Å²) in [6.07, 6.45) is 3.08. The van der Waals surface area contributed by atoms with Crippen LogP contribution in [0.15, 0.2) is 18.3 Å². The van der Waals surface area contributed by atoms with Gasteiger partial charge in [0.2, 0.25) is 0 Å². The third-order valence-corrected chi connectivity index (χ3v) is 2.91. The number of aromatic nitrogens is 1. The number of hydrogen-bond donors (Lipinski definition) is 1. The zero-order chi connectivity index (χ0) is 13.5. The predicted molar refractivity (Wildman–Crippen MR) is 77.9 cm³/mol. The van der Waals surface area contributed by atoms with Gasteiger partial charge >= 0.3 is 0 Å². The molecule has 0 bridgehead atoms. The van der Waals surface area contributed by atoms with Crippen LogP contribution in [-0.4, -0.2) is 43.6 Å². The fourth-order valence-electron chi connectivity index (χ4n) is 1.81. The molecular formula is C14H26N4. The van der Waals surface area contributed by atoms with Crippen molar-refractivity contribution in [3.63, 3.8) is 0 Å². The van der Waals surface area contributed by atoms with Crippen LogP contribution >= 0.6 is 0 Å². The van der Waals surface area contributed by atoms with Gasteiger partial charge in [-0.3, -0.25) is 4.98 Å². The highest BCUT2D eigenvalue weighted by molar-refractivity contribution is 5.44. The van der Waals surface area contributed by atoms with Crippen LogP contribution in [0, 0.1) is 0 Å². The van der Waals surface area contributed by atoms with Crippen LogP contribution < -0.4 is 10.6 Å². The first-order chi connectivity index (χ1) is 8.54. The first kappa shape index (κ1) is 14.9. The number of hydrogen-bond acceptors (Lipinski definition) is 4. The molecule has 0 aliphatic carbocycles. The molecule has 102 valence electrons. The molecule has 2 N–H and O–H groups in total. The Kier molecular flexibility index (Phi) is 6.09. The van der Waals surface area contributed by atoms with Gasteiger partial charge in [-0.25, -0.2) is 0 Å². The summed E-state index contributed by atoms with van der Waals surface area (Å²) in [5, 5.41) is 0. The molecule has 1 atom stereocenters. The summed E-state index contributed by atoms with van der Waals surface area (Å²) in [6.45, 7) is 7.30. The van der Waals surface area contributed by atoms with E-state index in [1.165, 1.54) is 5.69 Å². The highest BCUT2D eigenvalue weighted by Gasteiger charge is 2.07. The predicted octanol–water partition coefficient (Wildman–Crippen LogP) is 1.88. The third kappa shape index (κ3) is 4.63. The molecule has 1 unspecified atom stereocenters. The van der Waals surface area contributed by atoms with E-state index in [1.54, 1.807) is 0 Å². The molecule has 0 radical (unpaired) electrons. The van der Waals surface area contributed by atoms with Crippen LogP contribution in [0.2, 0.25) is 0 Å². The molecule has 0 saturated carbocycles. The first-order valence-electron chi connectivity index (χ1n) is 6.65. The van der Waals surface area contributed by atoms with Crippen molar-refractivity contribution in [1.29, 1.82) is 0 Å². The maximum atomic E-state index is 5.81. The van der Waals surface area contributed by atoms with Crippen LogP contribution in [0.3, 0.4) is 0 Å². The molecule has 18 heavy (non-hydrogen) atoms. The molecule has 0 fully saturated rings. The Balaban J connectivity index is 2.72. The number of likely N-dealkylation sites (N-methyl/N-ethyl adjacent to an activating group) is 1. The molecule has 4 heteroatoms. The summed E-state index contributed by atoms with van der Waals surface area (Å²) < 4.78 is 0. The van der Waals surface area contributed by atoms with Gasteiger partial charge in [-0.15, -0.1) is 0 Å². The highest BCUT2D eigenvalue weighted by atomic mass is 15.2. The highest BCUT2D eigenvalue weighted by Crippen LogP contribution is 2.15. The molecule has 1 aromatic heterocycles. The number of pyridine rings is 1. The van der Waals surface area contributed by atoms with Crippen molar-refractivity contribution >= 4 is 5.69 Å². The van der Waals surface area contributed by atoms with Gasteiger partial charge in [-0.1, -0.05) is 6.92 Å². The molecule has 0 aliphatic rings. The molecule has 0 aromatic carbocycles. The monoisotopic (exact) mass is 250 g/mol. The minimum Gasteiger partial charge on any atom is -0.369 e. The fraction of sp³-hybridized carbons (Fsp3) is 0.643. The van der Waals surface area contributed by atoms with Crippen LogP contribution in [0.1, 0.15) is 32.0 Å². The van der Waals surface area contributed by atoms with Gasteiger partial charge in [-0.05, 0) is 39.6 Å². The number of anilines is 1. The van der Waals surface area contributed by atoms with E-state index >= 15 is 0 Å². The smallest absolute Gasteiger partial charge is 0.0569 e. The molecule has 1 rings (SSSR count). The van der Waals surface area contributed by atoms with E-state index < -0.39 is 0 Å². The van der Waals surface area contributed by atoms with Crippen LogP contribution in [0.4, 0.5) is 5.69 Å². The lowest BCUT2D eigenvalue weighted by molar-refractivity contribution is 0.413. The minimum atomic E-state index is 0.000417. The summed E-state index contributed by atoms with van der Waals surface area (Å²) >= 11 is 0. The van der Waals surface area contributed by atoms with Gasteiger partial charge in [0.15, 0.2) is 0 Å². The number of nitrogens with zero attached hydrogens (tertiary/aromatic N) is 3. The average molecular weight is 250 g/mol. The van der Waals surface area contributed by atoms with E-state index in [2.05, 4.69) is 41.9 Å². The van der Waals surface area contributed by atoms with Crippen LogP contribution in [0.25, 0.3) is 0 Å². The topological polar surface area (TPSA) is 45.4 Å². The maximum absolute atomic E-state index is 5.81. The molecule has 4 nitrogen and oxygen atoms in total. The quantitative estimate of drug-likeness (QED) is 0.802. The second-order valence-electron chi connectivity index (χ2n) is 5.02. The molecule has 0 spiro atoms. The minimum absolute atomic E-state index is 0.000417. The van der Waals surface area contributed by atoms with Gasteiger partial charge in [0.25, 0.3) is 0 Å². The summed E-state index contributed by atoms with van der Waals surface area (Å²) in [6, 6.07) is 4.15. The Bertz CT molecular complexity index is 332. The van der Waals surface area contributed by atoms with E-state index in [9.17, 15) is 0 Å². The SMILES string of the molecule is CCCN(CCN(C)C)c1ccc(C(C)N)nc1. The Hall–Kier alpha value is -1.13. The van der Waals surface area contributed by atoms with Gasteiger partial charge < -0.3 is 15.5 Å². The first-order valence-corrected chi connectivity index (χ1v) is 6.65. The maximum Gasteiger partial charge on any atom is 0.0569 e. The lowest BCUT2D eigenvalue weighted by atomic mass is 10.2. The van der Waals surface area contributed by atoms with Crippen LogP contribution in [0.5, 0.6) is 0 Å².